The smallest absolute Gasteiger partial charge is 0.241 e. The third-order valence-corrected chi connectivity index (χ3v) is 4.55. The van der Waals surface area contributed by atoms with E-state index in [0.29, 0.717) is 11.1 Å². The quantitative estimate of drug-likeness (QED) is 0.733. The molecule has 0 amide bonds. The molecule has 0 aromatic heterocycles. The Kier molecular flexibility index (Phi) is 5.03. The SMILES string of the molecule is Cc1cc(F)cc(C)c1S(=O)(=O)NCC(N)C(C)O. The molecule has 1 rings (SSSR count). The second-order valence-electron chi connectivity index (χ2n) is 4.63. The van der Waals surface area contributed by atoms with Crippen LogP contribution in [0.15, 0.2) is 17.0 Å². The first-order chi connectivity index (χ1) is 8.65. The predicted octanol–water partition coefficient (Wildman–Crippen LogP) is 0.429. The fourth-order valence-corrected chi connectivity index (χ4v) is 3.29. The van der Waals surface area contributed by atoms with Gasteiger partial charge in [-0.15, -0.1) is 0 Å². The van der Waals surface area contributed by atoms with Gasteiger partial charge in [0.05, 0.1) is 11.0 Å². The van der Waals surface area contributed by atoms with Crippen LogP contribution in [0.3, 0.4) is 0 Å². The summed E-state index contributed by atoms with van der Waals surface area (Å²) >= 11 is 0. The minimum Gasteiger partial charge on any atom is -0.392 e. The summed E-state index contributed by atoms with van der Waals surface area (Å²) in [6.07, 6.45) is -0.821. The van der Waals surface area contributed by atoms with E-state index in [0.717, 1.165) is 12.1 Å². The molecule has 1 aromatic rings. The molecule has 0 fully saturated rings. The maximum Gasteiger partial charge on any atom is 0.241 e. The molecule has 0 radical (unpaired) electrons. The highest BCUT2D eigenvalue weighted by atomic mass is 32.2. The molecule has 5 nitrogen and oxygen atoms in total. The van der Waals surface area contributed by atoms with Crippen molar-refractivity contribution in [2.75, 3.05) is 6.54 Å². The zero-order valence-electron chi connectivity index (χ0n) is 11.1. The van der Waals surface area contributed by atoms with Crippen molar-refractivity contribution in [1.82, 2.24) is 4.72 Å². The number of sulfonamides is 1. The first-order valence-corrected chi connectivity index (χ1v) is 7.33. The number of hydrogen-bond donors (Lipinski definition) is 3. The third kappa shape index (κ3) is 3.97. The number of nitrogens with one attached hydrogen (secondary N) is 1. The second-order valence-corrected chi connectivity index (χ2v) is 6.33. The minimum atomic E-state index is -3.77. The lowest BCUT2D eigenvalue weighted by molar-refractivity contribution is 0.164. The van der Waals surface area contributed by atoms with Crippen molar-refractivity contribution in [2.24, 2.45) is 5.73 Å². The Hall–Kier alpha value is -1.02. The van der Waals surface area contributed by atoms with Crippen LogP contribution in [-0.2, 0) is 10.0 Å². The molecule has 108 valence electrons. The van der Waals surface area contributed by atoms with Crippen molar-refractivity contribution in [1.29, 1.82) is 0 Å². The first kappa shape index (κ1) is 16.0. The monoisotopic (exact) mass is 290 g/mol. The highest BCUT2D eigenvalue weighted by molar-refractivity contribution is 7.89. The van der Waals surface area contributed by atoms with Gasteiger partial charge in [-0.2, -0.15) is 0 Å². The van der Waals surface area contributed by atoms with Crippen LogP contribution >= 0.6 is 0 Å². The fraction of sp³-hybridized carbons (Fsp3) is 0.500. The topological polar surface area (TPSA) is 92.4 Å². The third-order valence-electron chi connectivity index (χ3n) is 2.82. The number of rotatable bonds is 5. The van der Waals surface area contributed by atoms with Crippen LogP contribution in [0.5, 0.6) is 0 Å². The normalized spacial score (nSPS) is 15.3. The van der Waals surface area contributed by atoms with E-state index in [1.165, 1.54) is 20.8 Å². The van der Waals surface area contributed by atoms with Gasteiger partial charge in [-0.05, 0) is 44.0 Å². The zero-order chi connectivity index (χ0) is 14.8. The van der Waals surface area contributed by atoms with E-state index in [2.05, 4.69) is 4.72 Å². The van der Waals surface area contributed by atoms with E-state index in [1.54, 1.807) is 0 Å². The van der Waals surface area contributed by atoms with Crippen molar-refractivity contribution >= 4 is 10.0 Å². The van der Waals surface area contributed by atoms with E-state index in [9.17, 15) is 17.9 Å². The van der Waals surface area contributed by atoms with E-state index >= 15 is 0 Å². The first-order valence-electron chi connectivity index (χ1n) is 5.85. The Balaban J connectivity index is 3.02. The zero-order valence-corrected chi connectivity index (χ0v) is 12.0. The fourth-order valence-electron chi connectivity index (χ4n) is 1.77. The van der Waals surface area contributed by atoms with Gasteiger partial charge in [0.25, 0.3) is 0 Å². The number of aryl methyl sites for hydroxylation is 2. The van der Waals surface area contributed by atoms with Gasteiger partial charge in [-0.25, -0.2) is 17.5 Å². The van der Waals surface area contributed by atoms with Gasteiger partial charge >= 0.3 is 0 Å². The highest BCUT2D eigenvalue weighted by Gasteiger charge is 2.21. The standard InChI is InChI=1S/C12H19FN2O3S/c1-7-4-10(13)5-8(2)12(7)19(17,18)15-6-11(14)9(3)16/h4-5,9,11,15-16H,6,14H2,1-3H3. The largest absolute Gasteiger partial charge is 0.392 e. The summed E-state index contributed by atoms with van der Waals surface area (Å²) in [4.78, 5) is 0.0479. The van der Waals surface area contributed by atoms with Crippen LogP contribution in [0.25, 0.3) is 0 Å². The molecule has 4 N–H and O–H groups in total. The van der Waals surface area contributed by atoms with Crippen LogP contribution < -0.4 is 10.5 Å². The molecule has 0 aliphatic carbocycles. The van der Waals surface area contributed by atoms with Crippen LogP contribution in [0.2, 0.25) is 0 Å². The van der Waals surface area contributed by atoms with Crippen molar-refractivity contribution in [3.05, 3.63) is 29.1 Å². The van der Waals surface area contributed by atoms with Crippen molar-refractivity contribution in [3.8, 4) is 0 Å². The van der Waals surface area contributed by atoms with Gasteiger partial charge in [0, 0.05) is 12.6 Å². The van der Waals surface area contributed by atoms with Gasteiger partial charge in [-0.1, -0.05) is 0 Å². The van der Waals surface area contributed by atoms with Crippen LogP contribution in [-0.4, -0.2) is 32.2 Å². The van der Waals surface area contributed by atoms with Crippen LogP contribution in [0.4, 0.5) is 4.39 Å². The number of halogens is 1. The summed E-state index contributed by atoms with van der Waals surface area (Å²) in [7, 11) is -3.77. The number of benzene rings is 1. The molecule has 0 aliphatic heterocycles. The Labute approximate surface area is 112 Å². The maximum absolute atomic E-state index is 13.1. The molecule has 7 heteroatoms. The molecule has 0 spiro atoms. The number of hydrogen-bond acceptors (Lipinski definition) is 4. The van der Waals surface area contributed by atoms with E-state index in [1.807, 2.05) is 0 Å². The Bertz CT molecular complexity index is 535. The molecule has 1 aromatic carbocycles. The lowest BCUT2D eigenvalue weighted by atomic mass is 10.1. The summed E-state index contributed by atoms with van der Waals surface area (Å²) < 4.78 is 39.8. The van der Waals surface area contributed by atoms with Crippen LogP contribution in [0, 0.1) is 19.7 Å². The molecule has 0 bridgehead atoms. The van der Waals surface area contributed by atoms with Crippen LogP contribution in [0.1, 0.15) is 18.1 Å². The lowest BCUT2D eigenvalue weighted by Crippen LogP contribution is -2.43. The maximum atomic E-state index is 13.1. The van der Waals surface area contributed by atoms with Crippen molar-refractivity contribution < 1.29 is 17.9 Å². The molecule has 19 heavy (non-hydrogen) atoms. The average Bonchev–Trinajstić information content (AvgIpc) is 2.23. The molecular weight excluding hydrogens is 271 g/mol. The summed E-state index contributed by atoms with van der Waals surface area (Å²) in [5, 5.41) is 9.22. The predicted molar refractivity (Wildman–Crippen MR) is 70.7 cm³/mol. The van der Waals surface area contributed by atoms with Gasteiger partial charge in [0.1, 0.15) is 5.82 Å². The number of aliphatic hydroxyl groups is 1. The van der Waals surface area contributed by atoms with E-state index < -0.39 is 28.0 Å². The molecule has 0 heterocycles. The molecule has 2 unspecified atom stereocenters. The van der Waals surface area contributed by atoms with E-state index in [4.69, 9.17) is 5.73 Å². The van der Waals surface area contributed by atoms with Crippen molar-refractivity contribution in [3.63, 3.8) is 0 Å². The molecule has 0 aliphatic rings. The molecule has 0 saturated carbocycles. The second kappa shape index (κ2) is 5.96. The van der Waals surface area contributed by atoms with Gasteiger partial charge < -0.3 is 10.8 Å². The van der Waals surface area contributed by atoms with Gasteiger partial charge in [0.15, 0.2) is 0 Å². The highest BCUT2D eigenvalue weighted by Crippen LogP contribution is 2.21. The average molecular weight is 290 g/mol. The number of aliphatic hydroxyl groups excluding tert-OH is 1. The summed E-state index contributed by atoms with van der Waals surface area (Å²) in [6.45, 7) is 4.45. The minimum absolute atomic E-state index is 0.0479. The Morgan fingerprint density at radius 2 is 1.84 bits per heavy atom. The summed E-state index contributed by atoms with van der Waals surface area (Å²) in [6, 6.07) is 1.63. The number of nitrogens with two attached hydrogens (primary N) is 1. The lowest BCUT2D eigenvalue weighted by Gasteiger charge is -2.17. The van der Waals surface area contributed by atoms with Crippen molar-refractivity contribution in [2.45, 2.75) is 37.8 Å². The molecular formula is C12H19FN2O3S. The summed E-state index contributed by atoms with van der Waals surface area (Å²) in [5.41, 5.74) is 6.22. The van der Waals surface area contributed by atoms with Gasteiger partial charge in [-0.3, -0.25) is 0 Å². The summed E-state index contributed by atoms with van der Waals surface area (Å²) in [5.74, 6) is -0.477. The molecule has 0 saturated heterocycles. The Morgan fingerprint density at radius 1 is 1.37 bits per heavy atom. The van der Waals surface area contributed by atoms with E-state index in [-0.39, 0.29) is 11.4 Å². The molecule has 2 atom stereocenters. The Morgan fingerprint density at radius 3 is 2.26 bits per heavy atom. The van der Waals surface area contributed by atoms with Gasteiger partial charge in [0.2, 0.25) is 10.0 Å².